The summed E-state index contributed by atoms with van der Waals surface area (Å²) in [6, 6.07) is -4.49. The highest BCUT2D eigenvalue weighted by Gasteiger charge is 2.40. The summed E-state index contributed by atoms with van der Waals surface area (Å²) in [6.07, 6.45) is 3.02. The topological polar surface area (TPSA) is 255 Å². The number of aliphatic hydroxyl groups excluding tert-OH is 1. The highest BCUT2D eigenvalue weighted by atomic mass is 16.4. The number of aromatic amines is 1. The molecule has 1 aliphatic heterocycles. The zero-order valence-corrected chi connectivity index (χ0v) is 20.1. The Labute approximate surface area is 207 Å². The average molecular weight is 510 g/mol. The molecule has 0 saturated carbocycles. The van der Waals surface area contributed by atoms with Gasteiger partial charge in [0.05, 0.1) is 18.5 Å². The van der Waals surface area contributed by atoms with Gasteiger partial charge >= 0.3 is 5.97 Å². The summed E-state index contributed by atoms with van der Waals surface area (Å²) < 4.78 is 0. The molecule has 1 aliphatic rings. The number of aromatic nitrogens is 2. The van der Waals surface area contributed by atoms with Crippen LogP contribution in [0, 0.1) is 0 Å². The average Bonchev–Trinajstić information content (AvgIpc) is 3.50. The summed E-state index contributed by atoms with van der Waals surface area (Å²) in [5, 5.41) is 24.6. The first kappa shape index (κ1) is 28.5. The number of carboxylic acids is 1. The number of nitrogens with zero attached hydrogens (tertiary/aromatic N) is 3. The first-order valence-electron chi connectivity index (χ1n) is 11.6. The molecule has 3 amide bonds. The Bertz CT molecular complexity index is 932. The maximum absolute atomic E-state index is 13.2. The summed E-state index contributed by atoms with van der Waals surface area (Å²) in [6.45, 7) is 1.75. The van der Waals surface area contributed by atoms with Crippen molar-refractivity contribution < 1.29 is 29.4 Å². The van der Waals surface area contributed by atoms with Crippen LogP contribution in [0.2, 0.25) is 0 Å². The van der Waals surface area contributed by atoms with Crippen LogP contribution in [0.4, 0.5) is 0 Å². The van der Waals surface area contributed by atoms with Gasteiger partial charge in [-0.05, 0) is 32.6 Å². The molecule has 1 aromatic rings. The SMILES string of the molecule is CC(O)C(NC(=O)C(N)Cc1cnc[nH]1)C(=O)N1CCCC1C(=O)NC(CCCN=C(N)N)C(=O)O. The number of nitrogens with one attached hydrogen (secondary N) is 3. The largest absolute Gasteiger partial charge is 0.480 e. The molecule has 1 fully saturated rings. The fourth-order valence-electron chi connectivity index (χ4n) is 3.89. The number of H-pyrrole nitrogens is 1. The minimum atomic E-state index is -1.34. The van der Waals surface area contributed by atoms with Crippen molar-refractivity contribution >= 4 is 29.7 Å². The molecule has 0 bridgehead atoms. The minimum absolute atomic E-state index is 0.0824. The van der Waals surface area contributed by atoms with Gasteiger partial charge in [0.15, 0.2) is 5.96 Å². The Morgan fingerprint density at radius 3 is 2.61 bits per heavy atom. The van der Waals surface area contributed by atoms with E-state index in [1.54, 1.807) is 0 Å². The Kier molecular flexibility index (Phi) is 10.6. The van der Waals surface area contributed by atoms with E-state index in [1.165, 1.54) is 24.3 Å². The molecule has 1 aromatic heterocycles. The van der Waals surface area contributed by atoms with E-state index in [4.69, 9.17) is 17.2 Å². The van der Waals surface area contributed by atoms with E-state index in [0.29, 0.717) is 25.0 Å². The van der Waals surface area contributed by atoms with Gasteiger partial charge in [-0.3, -0.25) is 19.4 Å². The third-order valence-electron chi connectivity index (χ3n) is 5.78. The van der Waals surface area contributed by atoms with Crippen LogP contribution in [-0.4, -0.2) is 98.1 Å². The molecule has 5 atom stereocenters. The fraction of sp³-hybridized carbons (Fsp3) is 0.619. The van der Waals surface area contributed by atoms with Crippen LogP contribution in [0.15, 0.2) is 17.5 Å². The first-order valence-corrected chi connectivity index (χ1v) is 11.6. The lowest BCUT2D eigenvalue weighted by molar-refractivity contribution is -0.146. The van der Waals surface area contributed by atoms with Crippen LogP contribution in [0.5, 0.6) is 0 Å². The quantitative estimate of drug-likeness (QED) is 0.0748. The van der Waals surface area contributed by atoms with E-state index in [0.717, 1.165) is 0 Å². The summed E-state index contributed by atoms with van der Waals surface area (Å²) in [4.78, 5) is 62.0. The number of carboxylic acid groups (broad SMARTS) is 1. The number of likely N-dealkylation sites (tertiary alicyclic amines) is 1. The number of imidazole rings is 1. The van der Waals surface area contributed by atoms with E-state index < -0.39 is 54.0 Å². The second kappa shape index (κ2) is 13.4. The molecule has 15 nitrogen and oxygen atoms in total. The van der Waals surface area contributed by atoms with Crippen LogP contribution in [-0.2, 0) is 25.6 Å². The molecular weight excluding hydrogens is 474 g/mol. The van der Waals surface area contributed by atoms with Crippen molar-refractivity contribution in [2.24, 2.45) is 22.2 Å². The third-order valence-corrected chi connectivity index (χ3v) is 5.78. The number of carbonyl (C=O) groups excluding carboxylic acids is 3. The Morgan fingerprint density at radius 2 is 2.03 bits per heavy atom. The van der Waals surface area contributed by atoms with Crippen molar-refractivity contribution in [2.45, 2.75) is 69.3 Å². The smallest absolute Gasteiger partial charge is 0.326 e. The van der Waals surface area contributed by atoms with Gasteiger partial charge in [-0.25, -0.2) is 9.78 Å². The van der Waals surface area contributed by atoms with Gasteiger partial charge < -0.3 is 47.9 Å². The van der Waals surface area contributed by atoms with Gasteiger partial charge in [-0.1, -0.05) is 0 Å². The fourth-order valence-corrected chi connectivity index (χ4v) is 3.89. The highest BCUT2D eigenvalue weighted by molar-refractivity contribution is 5.94. The summed E-state index contributed by atoms with van der Waals surface area (Å²) in [5.74, 6) is -3.31. The van der Waals surface area contributed by atoms with Crippen LogP contribution >= 0.6 is 0 Å². The Hall–Kier alpha value is -3.72. The molecule has 0 spiro atoms. The molecule has 200 valence electrons. The number of nitrogens with two attached hydrogens (primary N) is 3. The van der Waals surface area contributed by atoms with Crippen molar-refractivity contribution in [1.82, 2.24) is 25.5 Å². The molecule has 36 heavy (non-hydrogen) atoms. The standard InChI is InChI=1S/C21H35N9O6/c1-11(31)16(29-17(32)13(22)8-12-9-25-10-27-12)19(34)30-7-3-5-15(30)18(33)28-14(20(35)36)4-2-6-26-21(23)24/h9-11,13-16,31H,2-8,22H2,1H3,(H,25,27)(H,28,33)(H,29,32)(H,35,36)(H4,23,24,26). The summed E-state index contributed by atoms with van der Waals surface area (Å²) in [5.41, 5.74) is 17.0. The number of hydrogen-bond donors (Lipinski definition) is 8. The maximum Gasteiger partial charge on any atom is 0.326 e. The predicted octanol–water partition coefficient (Wildman–Crippen LogP) is -3.24. The number of hydrogen-bond acceptors (Lipinski definition) is 8. The van der Waals surface area contributed by atoms with Crippen LogP contribution in [0.25, 0.3) is 0 Å². The van der Waals surface area contributed by atoms with Gasteiger partial charge in [-0.15, -0.1) is 0 Å². The van der Waals surface area contributed by atoms with Crippen molar-refractivity contribution in [3.63, 3.8) is 0 Å². The van der Waals surface area contributed by atoms with E-state index in [2.05, 4.69) is 25.6 Å². The van der Waals surface area contributed by atoms with Crippen LogP contribution in [0.3, 0.4) is 0 Å². The van der Waals surface area contributed by atoms with E-state index in [9.17, 15) is 29.4 Å². The number of guanidine groups is 1. The second-order valence-corrected chi connectivity index (χ2v) is 8.65. The molecule has 0 aliphatic carbocycles. The van der Waals surface area contributed by atoms with Crippen molar-refractivity contribution in [3.05, 3.63) is 18.2 Å². The number of rotatable bonds is 13. The normalized spacial score (nSPS) is 18.5. The minimum Gasteiger partial charge on any atom is -0.480 e. The lowest BCUT2D eigenvalue weighted by Gasteiger charge is -2.31. The van der Waals surface area contributed by atoms with Gasteiger partial charge in [0.1, 0.15) is 18.1 Å². The molecular formula is C21H35N9O6. The molecule has 2 rings (SSSR count). The van der Waals surface area contributed by atoms with Gasteiger partial charge in [0.25, 0.3) is 0 Å². The highest BCUT2D eigenvalue weighted by Crippen LogP contribution is 2.20. The van der Waals surface area contributed by atoms with E-state index in [1.807, 2.05) is 0 Å². The van der Waals surface area contributed by atoms with E-state index >= 15 is 0 Å². The van der Waals surface area contributed by atoms with Crippen LogP contribution in [0.1, 0.15) is 38.3 Å². The first-order chi connectivity index (χ1) is 17.0. The monoisotopic (exact) mass is 509 g/mol. The van der Waals surface area contributed by atoms with Gasteiger partial charge in [0.2, 0.25) is 17.7 Å². The maximum atomic E-state index is 13.2. The Balaban J connectivity index is 2.02. The van der Waals surface area contributed by atoms with Crippen LogP contribution < -0.4 is 27.8 Å². The molecule has 0 aromatic carbocycles. The third kappa shape index (κ3) is 8.20. The molecule has 15 heteroatoms. The molecule has 2 heterocycles. The number of aliphatic hydroxyl groups is 1. The van der Waals surface area contributed by atoms with E-state index in [-0.39, 0.29) is 31.9 Å². The molecule has 5 unspecified atom stereocenters. The van der Waals surface area contributed by atoms with Crippen molar-refractivity contribution in [2.75, 3.05) is 13.1 Å². The number of aliphatic imine (C=N–C) groups is 1. The summed E-state index contributed by atoms with van der Waals surface area (Å²) >= 11 is 0. The zero-order valence-electron chi connectivity index (χ0n) is 20.1. The number of carbonyl (C=O) groups is 4. The Morgan fingerprint density at radius 1 is 1.31 bits per heavy atom. The van der Waals surface area contributed by atoms with Crippen molar-refractivity contribution in [1.29, 1.82) is 0 Å². The summed E-state index contributed by atoms with van der Waals surface area (Å²) in [7, 11) is 0. The predicted molar refractivity (Wildman–Crippen MR) is 128 cm³/mol. The molecule has 1 saturated heterocycles. The number of aliphatic carboxylic acids is 1. The lowest BCUT2D eigenvalue weighted by atomic mass is 10.1. The zero-order chi connectivity index (χ0) is 26.8. The van der Waals surface area contributed by atoms with Gasteiger partial charge in [0, 0.05) is 31.4 Å². The molecule has 11 N–H and O–H groups in total. The number of amides is 3. The van der Waals surface area contributed by atoms with Gasteiger partial charge in [-0.2, -0.15) is 0 Å². The second-order valence-electron chi connectivity index (χ2n) is 8.65. The van der Waals surface area contributed by atoms with Crippen molar-refractivity contribution in [3.8, 4) is 0 Å². The lowest BCUT2D eigenvalue weighted by Crippen LogP contribution is -2.59. The molecule has 0 radical (unpaired) electrons.